The second kappa shape index (κ2) is 4.06. The largest absolute Gasteiger partial charge is 0.493 e. The Labute approximate surface area is 100 Å². The minimum atomic E-state index is -0.692. The van der Waals surface area contributed by atoms with Crippen molar-refractivity contribution in [2.45, 2.75) is 38.0 Å². The van der Waals surface area contributed by atoms with Gasteiger partial charge in [0.2, 0.25) is 0 Å². The first kappa shape index (κ1) is 10.6. The van der Waals surface area contributed by atoms with Gasteiger partial charge in [0.05, 0.1) is 6.61 Å². The Kier molecular flexibility index (Phi) is 2.54. The molecule has 0 radical (unpaired) electrons. The Morgan fingerprint density at radius 2 is 2.29 bits per heavy atom. The third-order valence-electron chi connectivity index (χ3n) is 3.89. The van der Waals surface area contributed by atoms with Gasteiger partial charge in [-0.05, 0) is 42.4 Å². The smallest absolute Gasteiger partial charge is 0.303 e. The van der Waals surface area contributed by atoms with Gasteiger partial charge in [0, 0.05) is 18.4 Å². The van der Waals surface area contributed by atoms with E-state index in [4.69, 9.17) is 9.84 Å². The van der Waals surface area contributed by atoms with Crippen molar-refractivity contribution in [2.24, 2.45) is 0 Å². The van der Waals surface area contributed by atoms with Crippen LogP contribution in [0.4, 0.5) is 0 Å². The fourth-order valence-corrected chi connectivity index (χ4v) is 3.14. The normalized spacial score (nSPS) is 20.8. The predicted octanol–water partition coefficient (Wildman–Crippen LogP) is 2.52. The minimum absolute atomic E-state index is 0.272. The lowest BCUT2D eigenvalue weighted by molar-refractivity contribution is -0.137. The number of ether oxygens (including phenoxy) is 1. The summed E-state index contributed by atoms with van der Waals surface area (Å²) >= 11 is 0. The summed E-state index contributed by atoms with van der Waals surface area (Å²) in [5, 5.41) is 8.79. The highest BCUT2D eigenvalue weighted by atomic mass is 16.5. The number of carboxylic acid groups (broad SMARTS) is 1. The number of hydrogen-bond donors (Lipinski definition) is 1. The van der Waals surface area contributed by atoms with E-state index < -0.39 is 5.97 Å². The molecule has 3 nitrogen and oxygen atoms in total. The molecule has 0 spiro atoms. The average molecular weight is 232 g/mol. The number of carboxylic acids is 1. The second-order valence-electron chi connectivity index (χ2n) is 4.88. The third-order valence-corrected chi connectivity index (χ3v) is 3.89. The molecule has 0 bridgehead atoms. The lowest BCUT2D eigenvalue weighted by Crippen LogP contribution is -2.02. The van der Waals surface area contributed by atoms with Gasteiger partial charge in [0.1, 0.15) is 5.75 Å². The standard InChI is InChI=1S/C14H16O3/c15-13(16)6-4-10-2-1-9-3-5-12-11(14(9)10)7-8-17-12/h3,5,10H,1-2,4,6-8H2,(H,15,16). The number of carbonyl (C=O) groups is 1. The topological polar surface area (TPSA) is 46.5 Å². The summed E-state index contributed by atoms with van der Waals surface area (Å²) in [4.78, 5) is 10.7. The monoisotopic (exact) mass is 232 g/mol. The van der Waals surface area contributed by atoms with E-state index in [0.29, 0.717) is 5.92 Å². The maximum atomic E-state index is 10.7. The fraction of sp³-hybridized carbons (Fsp3) is 0.500. The lowest BCUT2D eigenvalue weighted by Gasteiger charge is -2.13. The van der Waals surface area contributed by atoms with Gasteiger partial charge in [0.25, 0.3) is 0 Å². The highest BCUT2D eigenvalue weighted by Crippen LogP contribution is 2.43. The van der Waals surface area contributed by atoms with Crippen LogP contribution < -0.4 is 4.74 Å². The van der Waals surface area contributed by atoms with Crippen molar-refractivity contribution in [1.82, 2.24) is 0 Å². The molecule has 1 aromatic rings. The molecule has 1 unspecified atom stereocenters. The number of aliphatic carboxylic acids is 1. The van der Waals surface area contributed by atoms with Crippen molar-refractivity contribution in [3.63, 3.8) is 0 Å². The van der Waals surface area contributed by atoms with Crippen molar-refractivity contribution in [3.8, 4) is 5.75 Å². The molecule has 1 atom stereocenters. The van der Waals surface area contributed by atoms with Crippen LogP contribution in [0.1, 0.15) is 41.9 Å². The van der Waals surface area contributed by atoms with Gasteiger partial charge in [0.15, 0.2) is 0 Å². The highest BCUT2D eigenvalue weighted by Gasteiger charge is 2.29. The van der Waals surface area contributed by atoms with Crippen LogP contribution in [-0.4, -0.2) is 17.7 Å². The molecule has 0 saturated carbocycles. The van der Waals surface area contributed by atoms with E-state index >= 15 is 0 Å². The third kappa shape index (κ3) is 1.79. The van der Waals surface area contributed by atoms with Gasteiger partial charge in [-0.1, -0.05) is 6.07 Å². The zero-order chi connectivity index (χ0) is 11.8. The van der Waals surface area contributed by atoms with Crippen molar-refractivity contribution in [3.05, 3.63) is 28.8 Å². The first-order chi connectivity index (χ1) is 8.25. The van der Waals surface area contributed by atoms with E-state index in [1.165, 1.54) is 16.7 Å². The maximum absolute atomic E-state index is 10.7. The molecule has 1 aliphatic carbocycles. The van der Waals surface area contributed by atoms with Gasteiger partial charge in [-0.2, -0.15) is 0 Å². The molecule has 1 aromatic carbocycles. The second-order valence-corrected chi connectivity index (χ2v) is 4.88. The van der Waals surface area contributed by atoms with E-state index in [1.54, 1.807) is 0 Å². The molecule has 1 heterocycles. The summed E-state index contributed by atoms with van der Waals surface area (Å²) in [5.74, 6) is 0.756. The number of fused-ring (bicyclic) bond motifs is 3. The predicted molar refractivity (Wildman–Crippen MR) is 63.6 cm³/mol. The first-order valence-electron chi connectivity index (χ1n) is 6.25. The number of aryl methyl sites for hydroxylation is 1. The highest BCUT2D eigenvalue weighted by molar-refractivity contribution is 5.67. The number of benzene rings is 1. The first-order valence-corrected chi connectivity index (χ1v) is 6.25. The van der Waals surface area contributed by atoms with Crippen molar-refractivity contribution in [2.75, 3.05) is 6.61 Å². The Morgan fingerprint density at radius 3 is 3.12 bits per heavy atom. The molecule has 3 rings (SSSR count). The zero-order valence-electron chi connectivity index (χ0n) is 9.74. The van der Waals surface area contributed by atoms with E-state index in [0.717, 1.165) is 38.0 Å². The number of hydrogen-bond acceptors (Lipinski definition) is 2. The summed E-state index contributed by atoms with van der Waals surface area (Å²) in [7, 11) is 0. The van der Waals surface area contributed by atoms with Gasteiger partial charge < -0.3 is 9.84 Å². The molecule has 0 fully saturated rings. The van der Waals surface area contributed by atoms with Gasteiger partial charge >= 0.3 is 5.97 Å². The Hall–Kier alpha value is -1.51. The molecule has 3 heteroatoms. The van der Waals surface area contributed by atoms with Crippen molar-refractivity contribution < 1.29 is 14.6 Å². The zero-order valence-corrected chi connectivity index (χ0v) is 9.74. The average Bonchev–Trinajstić information content (AvgIpc) is 2.91. The fourth-order valence-electron chi connectivity index (χ4n) is 3.14. The molecule has 0 saturated heterocycles. The number of rotatable bonds is 3. The summed E-state index contributed by atoms with van der Waals surface area (Å²) in [6.45, 7) is 0.775. The van der Waals surface area contributed by atoms with Crippen LogP contribution in [0.25, 0.3) is 0 Å². The molecule has 1 aliphatic heterocycles. The van der Waals surface area contributed by atoms with Crippen LogP contribution in [0.2, 0.25) is 0 Å². The molecule has 17 heavy (non-hydrogen) atoms. The van der Waals surface area contributed by atoms with E-state index in [2.05, 4.69) is 12.1 Å². The van der Waals surface area contributed by atoms with Crippen LogP contribution in [-0.2, 0) is 17.6 Å². The van der Waals surface area contributed by atoms with Crippen LogP contribution in [0.3, 0.4) is 0 Å². The lowest BCUT2D eigenvalue weighted by atomic mass is 9.91. The van der Waals surface area contributed by atoms with Crippen LogP contribution in [0.5, 0.6) is 5.75 Å². The molecule has 0 aromatic heterocycles. The minimum Gasteiger partial charge on any atom is -0.493 e. The van der Waals surface area contributed by atoms with Crippen molar-refractivity contribution in [1.29, 1.82) is 0 Å². The summed E-state index contributed by atoms with van der Waals surface area (Å²) in [6.07, 6.45) is 4.21. The molecule has 0 amide bonds. The molecular weight excluding hydrogens is 216 g/mol. The molecular formula is C14H16O3. The van der Waals surface area contributed by atoms with E-state index in [-0.39, 0.29) is 6.42 Å². The molecule has 90 valence electrons. The van der Waals surface area contributed by atoms with Crippen LogP contribution in [0, 0.1) is 0 Å². The maximum Gasteiger partial charge on any atom is 0.303 e. The van der Waals surface area contributed by atoms with Crippen LogP contribution >= 0.6 is 0 Å². The summed E-state index contributed by atoms with van der Waals surface area (Å²) < 4.78 is 5.58. The van der Waals surface area contributed by atoms with E-state index in [9.17, 15) is 4.79 Å². The Bertz CT molecular complexity index is 465. The Balaban J connectivity index is 1.90. The van der Waals surface area contributed by atoms with Gasteiger partial charge in [-0.15, -0.1) is 0 Å². The summed E-state index contributed by atoms with van der Waals surface area (Å²) in [5.41, 5.74) is 4.15. The van der Waals surface area contributed by atoms with Crippen LogP contribution in [0.15, 0.2) is 12.1 Å². The van der Waals surface area contributed by atoms with Crippen molar-refractivity contribution >= 4 is 5.97 Å². The van der Waals surface area contributed by atoms with Gasteiger partial charge in [-0.3, -0.25) is 4.79 Å². The summed E-state index contributed by atoms with van der Waals surface area (Å²) in [6, 6.07) is 4.22. The molecule has 2 aliphatic rings. The Morgan fingerprint density at radius 1 is 1.41 bits per heavy atom. The molecule has 1 N–H and O–H groups in total. The van der Waals surface area contributed by atoms with Gasteiger partial charge in [-0.25, -0.2) is 0 Å². The van der Waals surface area contributed by atoms with E-state index in [1.807, 2.05) is 0 Å². The quantitative estimate of drug-likeness (QED) is 0.871. The SMILES string of the molecule is O=C(O)CCC1CCc2ccc3c(c21)CCO3.